The zero-order chi connectivity index (χ0) is 10.6. The zero-order valence-corrected chi connectivity index (χ0v) is 9.12. The van der Waals surface area contributed by atoms with E-state index in [1.807, 2.05) is 0 Å². The van der Waals surface area contributed by atoms with Gasteiger partial charge in [0.05, 0.1) is 0 Å². The Kier molecular flexibility index (Phi) is 4.39. The molecule has 1 aliphatic rings. The molecule has 1 aliphatic heterocycles. The van der Waals surface area contributed by atoms with Gasteiger partial charge in [-0.2, -0.15) is 0 Å². The third-order valence-corrected chi connectivity index (χ3v) is 2.80. The normalized spacial score (nSPS) is 27.1. The van der Waals surface area contributed by atoms with Gasteiger partial charge in [0.2, 0.25) is 0 Å². The average molecular weight is 199 g/mol. The molecule has 0 saturated carbocycles. The molecule has 2 unspecified atom stereocenters. The maximum Gasteiger partial charge on any atom is 0.303 e. The molecule has 14 heavy (non-hydrogen) atoms. The minimum absolute atomic E-state index is 0.298. The SMILES string of the molecule is CC(C)CC1CCC(CCC(=O)O)N1. The van der Waals surface area contributed by atoms with Crippen LogP contribution < -0.4 is 5.32 Å². The molecule has 0 aromatic rings. The molecule has 1 fully saturated rings. The van der Waals surface area contributed by atoms with Crippen LogP contribution >= 0.6 is 0 Å². The van der Waals surface area contributed by atoms with E-state index < -0.39 is 5.97 Å². The van der Waals surface area contributed by atoms with Gasteiger partial charge in [-0.15, -0.1) is 0 Å². The first-order chi connectivity index (χ1) is 6.58. The summed E-state index contributed by atoms with van der Waals surface area (Å²) in [7, 11) is 0. The minimum atomic E-state index is -0.681. The average Bonchev–Trinajstić information content (AvgIpc) is 2.47. The number of rotatable bonds is 5. The van der Waals surface area contributed by atoms with Gasteiger partial charge in [-0.1, -0.05) is 13.8 Å². The van der Waals surface area contributed by atoms with Gasteiger partial charge in [-0.3, -0.25) is 4.79 Å². The first-order valence-electron chi connectivity index (χ1n) is 5.55. The lowest BCUT2D eigenvalue weighted by atomic mass is 10.0. The van der Waals surface area contributed by atoms with Crippen molar-refractivity contribution < 1.29 is 9.90 Å². The molecule has 0 aliphatic carbocycles. The van der Waals surface area contributed by atoms with Gasteiger partial charge in [0.15, 0.2) is 0 Å². The van der Waals surface area contributed by atoms with E-state index in [2.05, 4.69) is 19.2 Å². The first-order valence-corrected chi connectivity index (χ1v) is 5.55. The van der Waals surface area contributed by atoms with E-state index in [1.165, 1.54) is 12.8 Å². The smallest absolute Gasteiger partial charge is 0.303 e. The second-order valence-corrected chi connectivity index (χ2v) is 4.70. The van der Waals surface area contributed by atoms with Crippen LogP contribution in [0.4, 0.5) is 0 Å². The van der Waals surface area contributed by atoms with Gasteiger partial charge in [-0.05, 0) is 31.6 Å². The molecule has 0 aromatic carbocycles. The zero-order valence-electron chi connectivity index (χ0n) is 9.12. The van der Waals surface area contributed by atoms with Crippen molar-refractivity contribution >= 4 is 5.97 Å². The van der Waals surface area contributed by atoms with Crippen molar-refractivity contribution in [2.75, 3.05) is 0 Å². The summed E-state index contributed by atoms with van der Waals surface area (Å²) in [6.07, 6.45) is 4.65. The van der Waals surface area contributed by atoms with E-state index in [4.69, 9.17) is 5.11 Å². The molecule has 2 N–H and O–H groups in total. The minimum Gasteiger partial charge on any atom is -0.481 e. The van der Waals surface area contributed by atoms with Crippen LogP contribution in [-0.2, 0) is 4.79 Å². The van der Waals surface area contributed by atoms with Crippen molar-refractivity contribution in [3.63, 3.8) is 0 Å². The second-order valence-electron chi connectivity index (χ2n) is 4.70. The van der Waals surface area contributed by atoms with Crippen LogP contribution in [0.1, 0.15) is 46.0 Å². The van der Waals surface area contributed by atoms with Crippen molar-refractivity contribution in [3.05, 3.63) is 0 Å². The Labute approximate surface area is 85.9 Å². The Morgan fingerprint density at radius 3 is 2.64 bits per heavy atom. The van der Waals surface area contributed by atoms with Crippen molar-refractivity contribution in [1.82, 2.24) is 5.32 Å². The molecule has 3 heteroatoms. The quantitative estimate of drug-likeness (QED) is 0.712. The summed E-state index contributed by atoms with van der Waals surface area (Å²) in [5, 5.41) is 12.1. The Balaban J connectivity index is 2.17. The summed E-state index contributed by atoms with van der Waals surface area (Å²) in [5.74, 6) is 0.0461. The molecule has 0 radical (unpaired) electrons. The molecule has 82 valence electrons. The van der Waals surface area contributed by atoms with Crippen molar-refractivity contribution in [2.45, 2.75) is 58.0 Å². The highest BCUT2D eigenvalue weighted by Crippen LogP contribution is 2.20. The van der Waals surface area contributed by atoms with E-state index in [9.17, 15) is 4.79 Å². The summed E-state index contributed by atoms with van der Waals surface area (Å²) in [6.45, 7) is 4.46. The number of hydrogen-bond donors (Lipinski definition) is 2. The third-order valence-electron chi connectivity index (χ3n) is 2.80. The van der Waals surface area contributed by atoms with Gasteiger partial charge in [0, 0.05) is 18.5 Å². The van der Waals surface area contributed by atoms with Gasteiger partial charge >= 0.3 is 5.97 Å². The summed E-state index contributed by atoms with van der Waals surface area (Å²) >= 11 is 0. The first kappa shape index (κ1) is 11.5. The number of carboxylic acid groups (broad SMARTS) is 1. The Morgan fingerprint density at radius 1 is 1.43 bits per heavy atom. The lowest BCUT2D eigenvalue weighted by Gasteiger charge is -2.15. The highest BCUT2D eigenvalue weighted by molar-refractivity contribution is 5.66. The van der Waals surface area contributed by atoms with E-state index in [1.54, 1.807) is 0 Å². The fourth-order valence-corrected chi connectivity index (χ4v) is 2.18. The van der Waals surface area contributed by atoms with Crippen LogP contribution in [0.2, 0.25) is 0 Å². The number of carboxylic acids is 1. The molecule has 1 rings (SSSR count). The Hall–Kier alpha value is -0.570. The monoisotopic (exact) mass is 199 g/mol. The maximum atomic E-state index is 10.4. The highest BCUT2D eigenvalue weighted by Gasteiger charge is 2.24. The summed E-state index contributed by atoms with van der Waals surface area (Å²) in [5.41, 5.74) is 0. The summed E-state index contributed by atoms with van der Waals surface area (Å²) in [4.78, 5) is 10.4. The van der Waals surface area contributed by atoms with Gasteiger partial charge in [0.25, 0.3) is 0 Å². The summed E-state index contributed by atoms with van der Waals surface area (Å²) in [6, 6.07) is 1.06. The molecule has 0 bridgehead atoms. The van der Waals surface area contributed by atoms with Crippen molar-refractivity contribution in [3.8, 4) is 0 Å². The molecule has 1 saturated heterocycles. The molecule has 0 spiro atoms. The third kappa shape index (κ3) is 4.09. The second kappa shape index (κ2) is 5.35. The Morgan fingerprint density at radius 2 is 2.07 bits per heavy atom. The molecule has 0 aromatic heterocycles. The van der Waals surface area contributed by atoms with Crippen LogP contribution in [-0.4, -0.2) is 23.2 Å². The fourth-order valence-electron chi connectivity index (χ4n) is 2.18. The number of hydrogen-bond acceptors (Lipinski definition) is 2. The molecular weight excluding hydrogens is 178 g/mol. The van der Waals surface area contributed by atoms with Crippen LogP contribution in [0.3, 0.4) is 0 Å². The molecule has 0 amide bonds. The molecule has 2 atom stereocenters. The predicted molar refractivity (Wildman–Crippen MR) is 56.3 cm³/mol. The van der Waals surface area contributed by atoms with E-state index >= 15 is 0 Å². The fraction of sp³-hybridized carbons (Fsp3) is 0.909. The van der Waals surface area contributed by atoms with Crippen molar-refractivity contribution in [1.29, 1.82) is 0 Å². The van der Waals surface area contributed by atoms with Gasteiger partial charge in [-0.25, -0.2) is 0 Å². The van der Waals surface area contributed by atoms with Gasteiger partial charge < -0.3 is 10.4 Å². The number of carbonyl (C=O) groups is 1. The largest absolute Gasteiger partial charge is 0.481 e. The van der Waals surface area contributed by atoms with E-state index in [0.717, 1.165) is 18.8 Å². The molecular formula is C11H21NO2. The number of nitrogens with one attached hydrogen (secondary N) is 1. The van der Waals surface area contributed by atoms with Crippen LogP contribution in [0.25, 0.3) is 0 Å². The van der Waals surface area contributed by atoms with Gasteiger partial charge in [0.1, 0.15) is 0 Å². The number of aliphatic carboxylic acids is 1. The summed E-state index contributed by atoms with van der Waals surface area (Å²) < 4.78 is 0. The van der Waals surface area contributed by atoms with Crippen LogP contribution in [0.5, 0.6) is 0 Å². The van der Waals surface area contributed by atoms with Crippen molar-refractivity contribution in [2.24, 2.45) is 5.92 Å². The lowest BCUT2D eigenvalue weighted by Crippen LogP contribution is -2.30. The molecule has 1 heterocycles. The standard InChI is InChI=1S/C11H21NO2/c1-8(2)7-10-4-3-9(12-10)5-6-11(13)14/h8-10,12H,3-7H2,1-2H3,(H,13,14). The maximum absolute atomic E-state index is 10.4. The van der Waals surface area contributed by atoms with Crippen LogP contribution in [0.15, 0.2) is 0 Å². The van der Waals surface area contributed by atoms with E-state index in [-0.39, 0.29) is 0 Å². The molecule has 3 nitrogen and oxygen atoms in total. The lowest BCUT2D eigenvalue weighted by molar-refractivity contribution is -0.137. The van der Waals surface area contributed by atoms with Crippen LogP contribution in [0, 0.1) is 5.92 Å². The topological polar surface area (TPSA) is 49.3 Å². The highest BCUT2D eigenvalue weighted by atomic mass is 16.4. The Bertz CT molecular complexity index is 192. The van der Waals surface area contributed by atoms with E-state index in [0.29, 0.717) is 18.5 Å². The predicted octanol–water partition coefficient (Wildman–Crippen LogP) is 2.02.